The second-order valence-corrected chi connectivity index (χ2v) is 17.5. The molecule has 0 fully saturated rings. The number of fused-ring (bicyclic) bond motifs is 6. The van der Waals surface area contributed by atoms with Crippen LogP contribution in [-0.2, 0) is 5.41 Å². The minimum atomic E-state index is -0.469. The molecule has 0 radical (unpaired) electrons. The molecule has 1 aliphatic rings. The lowest BCUT2D eigenvalue weighted by Crippen LogP contribution is -2.28. The van der Waals surface area contributed by atoms with Gasteiger partial charge in [-0.1, -0.05) is 188 Å². The first-order valence-electron chi connectivity index (χ1n) is 21.7. The van der Waals surface area contributed by atoms with Gasteiger partial charge in [-0.2, -0.15) is 0 Å². The van der Waals surface area contributed by atoms with Crippen molar-refractivity contribution in [3.63, 3.8) is 0 Å². The molecule has 0 bridgehead atoms. The van der Waals surface area contributed by atoms with Crippen LogP contribution in [-0.4, -0.2) is 0 Å². The Morgan fingerprint density at radius 3 is 1.46 bits per heavy atom. The van der Waals surface area contributed by atoms with Gasteiger partial charge in [0.05, 0.1) is 5.41 Å². The summed E-state index contributed by atoms with van der Waals surface area (Å²) in [5.74, 6) is 0. The summed E-state index contributed by atoms with van der Waals surface area (Å²) in [5, 5.41) is 2.58. The predicted molar refractivity (Wildman–Crippen MR) is 268 cm³/mol. The van der Waals surface area contributed by atoms with Gasteiger partial charge in [0.1, 0.15) is 0 Å². The molecule has 2 heteroatoms. The van der Waals surface area contributed by atoms with Gasteiger partial charge in [0.25, 0.3) is 0 Å². The highest BCUT2D eigenvalue weighted by Gasteiger charge is 2.46. The van der Waals surface area contributed by atoms with E-state index in [-0.39, 0.29) is 0 Å². The molecule has 0 spiro atoms. The van der Waals surface area contributed by atoms with E-state index >= 15 is 0 Å². The summed E-state index contributed by atoms with van der Waals surface area (Å²) in [6, 6.07) is 91.4. The quantitative estimate of drug-likeness (QED) is 0.148. The standard InChI is InChI=1S/C61H41NS/c1-5-17-42(18-6-1)43-29-34-50(35-30-43)62(49-23-11-4-12-24-49)51-36-31-44(32-37-51)46-39-55(60-56(40-46)54-26-14-16-28-59(54)63-60)45-33-38-53-52-25-13-15-27-57(52)61(58(53)41-45,47-19-7-2-8-20-47)48-21-9-3-10-22-48/h1-41H. The Kier molecular flexibility index (Phi) is 8.98. The minimum Gasteiger partial charge on any atom is -0.311 e. The van der Waals surface area contributed by atoms with Crippen LogP contribution in [0.15, 0.2) is 249 Å². The van der Waals surface area contributed by atoms with Crippen LogP contribution in [0.25, 0.3) is 64.7 Å². The highest BCUT2D eigenvalue weighted by Crippen LogP contribution is 2.57. The normalized spacial score (nSPS) is 12.6. The number of benzene rings is 10. The van der Waals surface area contributed by atoms with E-state index in [9.17, 15) is 0 Å². The van der Waals surface area contributed by atoms with Crippen LogP contribution in [0.1, 0.15) is 22.3 Å². The Morgan fingerprint density at radius 1 is 0.302 bits per heavy atom. The smallest absolute Gasteiger partial charge is 0.0713 e. The van der Waals surface area contributed by atoms with Gasteiger partial charge in [-0.3, -0.25) is 0 Å². The summed E-state index contributed by atoms with van der Waals surface area (Å²) in [6.07, 6.45) is 0. The molecule has 12 rings (SSSR count). The predicted octanol–water partition coefficient (Wildman–Crippen LogP) is 16.9. The van der Waals surface area contributed by atoms with Crippen molar-refractivity contribution in [2.75, 3.05) is 4.90 Å². The third-order valence-electron chi connectivity index (χ3n) is 13.0. The molecule has 0 saturated carbocycles. The molecule has 0 saturated heterocycles. The Bertz CT molecular complexity index is 3370. The molecule has 296 valence electrons. The zero-order valence-electron chi connectivity index (χ0n) is 34.5. The van der Waals surface area contributed by atoms with Crippen molar-refractivity contribution in [3.05, 3.63) is 271 Å². The Labute approximate surface area is 372 Å². The molecule has 11 aromatic rings. The van der Waals surface area contributed by atoms with Crippen LogP contribution in [0, 0.1) is 0 Å². The van der Waals surface area contributed by atoms with Gasteiger partial charge in [-0.05, 0) is 122 Å². The fourth-order valence-corrected chi connectivity index (χ4v) is 11.3. The molecule has 1 aliphatic carbocycles. The fourth-order valence-electron chi connectivity index (χ4n) is 10.1. The van der Waals surface area contributed by atoms with E-state index in [1.807, 2.05) is 11.3 Å². The van der Waals surface area contributed by atoms with Crippen molar-refractivity contribution < 1.29 is 0 Å². The SMILES string of the molecule is c1ccc(-c2ccc(N(c3ccccc3)c3ccc(-c4cc(-c5ccc6c(c5)C(c5ccccc5)(c5ccccc5)c5ccccc5-6)c5sc6ccccc6c5c4)cc3)cc2)cc1. The van der Waals surface area contributed by atoms with Crippen molar-refractivity contribution in [2.45, 2.75) is 5.41 Å². The summed E-state index contributed by atoms with van der Waals surface area (Å²) < 4.78 is 2.61. The van der Waals surface area contributed by atoms with Crippen molar-refractivity contribution in [3.8, 4) is 44.5 Å². The van der Waals surface area contributed by atoms with Crippen LogP contribution in [0.2, 0.25) is 0 Å². The second-order valence-electron chi connectivity index (χ2n) is 16.4. The molecular weight excluding hydrogens is 779 g/mol. The van der Waals surface area contributed by atoms with E-state index < -0.39 is 5.41 Å². The van der Waals surface area contributed by atoms with E-state index in [1.165, 1.54) is 86.9 Å². The molecule has 0 amide bonds. The maximum absolute atomic E-state index is 2.50. The first kappa shape index (κ1) is 37.0. The van der Waals surface area contributed by atoms with Crippen LogP contribution >= 0.6 is 11.3 Å². The summed E-state index contributed by atoms with van der Waals surface area (Å²) in [4.78, 5) is 2.34. The van der Waals surface area contributed by atoms with Crippen LogP contribution in [0.4, 0.5) is 17.1 Å². The first-order chi connectivity index (χ1) is 31.2. The zero-order valence-corrected chi connectivity index (χ0v) is 35.3. The van der Waals surface area contributed by atoms with Crippen LogP contribution in [0.3, 0.4) is 0 Å². The van der Waals surface area contributed by atoms with Gasteiger partial charge in [-0.15, -0.1) is 11.3 Å². The summed E-state index contributed by atoms with van der Waals surface area (Å²) >= 11 is 1.89. The monoisotopic (exact) mass is 819 g/mol. The molecule has 1 nitrogen and oxygen atoms in total. The van der Waals surface area contributed by atoms with E-state index in [1.54, 1.807) is 0 Å². The van der Waals surface area contributed by atoms with Gasteiger partial charge in [-0.25, -0.2) is 0 Å². The molecule has 1 aromatic heterocycles. The fraction of sp³-hybridized carbons (Fsp3) is 0.0164. The van der Waals surface area contributed by atoms with Gasteiger partial charge >= 0.3 is 0 Å². The van der Waals surface area contributed by atoms with Crippen molar-refractivity contribution in [1.82, 2.24) is 0 Å². The number of rotatable bonds is 8. The van der Waals surface area contributed by atoms with E-state index in [0.717, 1.165) is 17.1 Å². The zero-order chi connectivity index (χ0) is 41.7. The largest absolute Gasteiger partial charge is 0.311 e. The highest BCUT2D eigenvalue weighted by molar-refractivity contribution is 7.26. The molecule has 1 heterocycles. The summed E-state index contributed by atoms with van der Waals surface area (Å²) in [7, 11) is 0. The Morgan fingerprint density at radius 2 is 0.794 bits per heavy atom. The lowest BCUT2D eigenvalue weighted by atomic mass is 9.67. The van der Waals surface area contributed by atoms with Crippen LogP contribution < -0.4 is 4.90 Å². The Balaban J connectivity index is 1.01. The van der Waals surface area contributed by atoms with Gasteiger partial charge in [0.15, 0.2) is 0 Å². The lowest BCUT2D eigenvalue weighted by Gasteiger charge is -2.34. The van der Waals surface area contributed by atoms with Gasteiger partial charge in [0.2, 0.25) is 0 Å². The van der Waals surface area contributed by atoms with Crippen LogP contribution in [0.5, 0.6) is 0 Å². The summed E-state index contributed by atoms with van der Waals surface area (Å²) in [5.41, 5.74) is 17.9. The summed E-state index contributed by atoms with van der Waals surface area (Å²) in [6.45, 7) is 0. The lowest BCUT2D eigenvalue weighted by molar-refractivity contribution is 0.769. The Hall–Kier alpha value is -7.78. The maximum atomic E-state index is 2.50. The number of para-hydroxylation sites is 1. The van der Waals surface area contributed by atoms with E-state index in [2.05, 4.69) is 254 Å². The second kappa shape index (κ2) is 15.3. The van der Waals surface area contributed by atoms with E-state index in [4.69, 9.17) is 0 Å². The topological polar surface area (TPSA) is 3.24 Å². The molecule has 0 atom stereocenters. The third-order valence-corrected chi connectivity index (χ3v) is 14.2. The molecule has 0 N–H and O–H groups in total. The highest BCUT2D eigenvalue weighted by atomic mass is 32.1. The number of hydrogen-bond donors (Lipinski definition) is 0. The molecule has 0 aliphatic heterocycles. The number of thiophene rings is 1. The number of nitrogens with zero attached hydrogens (tertiary/aromatic N) is 1. The van der Waals surface area contributed by atoms with Crippen molar-refractivity contribution in [2.24, 2.45) is 0 Å². The van der Waals surface area contributed by atoms with Gasteiger partial charge < -0.3 is 4.90 Å². The van der Waals surface area contributed by atoms with Gasteiger partial charge in [0, 0.05) is 42.8 Å². The van der Waals surface area contributed by atoms with Crippen molar-refractivity contribution >= 4 is 48.6 Å². The third kappa shape index (κ3) is 6.14. The maximum Gasteiger partial charge on any atom is 0.0713 e. The number of anilines is 3. The van der Waals surface area contributed by atoms with E-state index in [0.29, 0.717) is 0 Å². The molecule has 10 aromatic carbocycles. The van der Waals surface area contributed by atoms with Crippen molar-refractivity contribution in [1.29, 1.82) is 0 Å². The minimum absolute atomic E-state index is 0.469. The average Bonchev–Trinajstić information content (AvgIpc) is 3.89. The molecular formula is C61H41NS. The molecule has 63 heavy (non-hydrogen) atoms. The molecule has 0 unspecified atom stereocenters. The number of hydrogen-bond acceptors (Lipinski definition) is 2. The average molecular weight is 820 g/mol. The first-order valence-corrected chi connectivity index (χ1v) is 22.5.